The maximum absolute atomic E-state index is 13.2. The summed E-state index contributed by atoms with van der Waals surface area (Å²) in [5.41, 5.74) is 2.39. The molecule has 1 amide bonds. The molecule has 5 aromatic rings. The zero-order valence-corrected chi connectivity index (χ0v) is 26.4. The molecular formula is C35H32N4O7S. The molecule has 2 aromatic heterocycles. The van der Waals surface area contributed by atoms with Gasteiger partial charge in [0.05, 0.1) is 16.1 Å². The van der Waals surface area contributed by atoms with Gasteiger partial charge < -0.3 is 14.5 Å². The Balaban J connectivity index is 1.17. The van der Waals surface area contributed by atoms with Crippen molar-refractivity contribution in [1.29, 1.82) is 0 Å². The lowest BCUT2D eigenvalue weighted by Gasteiger charge is -2.26. The number of aryl methyl sites for hydroxylation is 1. The standard InChI is InChI=1S/C35H32N4O7S/c1-24-14-16-27(21-31(24)47(43,44)38-18-8-3-9-19-38)36-32(40)23-45-33(41)17-15-26-22-39(28-11-4-2-5-12-28)37-34(26)29-20-25-10-6-7-13-30(25)46-35(29)42/h2,4-7,10-17,20-22H,3,8-9,18-19,23H2,1H3,(H,36,40). The highest BCUT2D eigenvalue weighted by Gasteiger charge is 2.27. The number of sulfonamides is 1. The van der Waals surface area contributed by atoms with Crippen LogP contribution in [0.1, 0.15) is 30.4 Å². The zero-order chi connectivity index (χ0) is 33.0. The van der Waals surface area contributed by atoms with Crippen LogP contribution >= 0.6 is 0 Å². The Morgan fingerprint density at radius 3 is 2.51 bits per heavy atom. The average Bonchev–Trinajstić information content (AvgIpc) is 3.51. The largest absolute Gasteiger partial charge is 0.452 e. The predicted molar refractivity (Wildman–Crippen MR) is 177 cm³/mol. The van der Waals surface area contributed by atoms with E-state index in [1.807, 2.05) is 42.5 Å². The number of carbonyl (C=O) groups excluding carboxylic acids is 2. The number of piperidine rings is 1. The summed E-state index contributed by atoms with van der Waals surface area (Å²) in [7, 11) is -3.71. The molecule has 0 unspecified atom stereocenters. The van der Waals surface area contributed by atoms with Crippen LogP contribution in [0.5, 0.6) is 0 Å². The number of hydrogen-bond donors (Lipinski definition) is 1. The fraction of sp³-hybridized carbons (Fsp3) is 0.200. The summed E-state index contributed by atoms with van der Waals surface area (Å²) in [6.45, 7) is 2.03. The van der Waals surface area contributed by atoms with E-state index in [-0.39, 0.29) is 16.1 Å². The van der Waals surface area contributed by atoms with E-state index in [2.05, 4.69) is 10.4 Å². The molecule has 6 rings (SSSR count). The molecule has 0 atom stereocenters. The first-order chi connectivity index (χ1) is 22.7. The molecule has 12 heteroatoms. The Bertz CT molecular complexity index is 2150. The van der Waals surface area contributed by atoms with Gasteiger partial charge in [0.2, 0.25) is 10.0 Å². The van der Waals surface area contributed by atoms with Crippen molar-refractivity contribution in [2.24, 2.45) is 0 Å². The number of nitrogens with zero attached hydrogens (tertiary/aromatic N) is 3. The fourth-order valence-corrected chi connectivity index (χ4v) is 7.17. The average molecular weight is 653 g/mol. The van der Waals surface area contributed by atoms with E-state index in [1.165, 1.54) is 16.4 Å². The van der Waals surface area contributed by atoms with Gasteiger partial charge in [0, 0.05) is 42.0 Å². The third-order valence-electron chi connectivity index (χ3n) is 7.81. The SMILES string of the molecule is Cc1ccc(NC(=O)COC(=O)C=Cc2cn(-c3ccccc3)nc2-c2cc3ccccc3oc2=O)cc1S(=O)(=O)N1CCCCC1. The monoisotopic (exact) mass is 652 g/mol. The van der Waals surface area contributed by atoms with Gasteiger partial charge in [0.15, 0.2) is 6.61 Å². The van der Waals surface area contributed by atoms with Gasteiger partial charge in [-0.15, -0.1) is 0 Å². The Morgan fingerprint density at radius 2 is 1.72 bits per heavy atom. The van der Waals surface area contributed by atoms with Crippen LogP contribution in [0.2, 0.25) is 0 Å². The van der Waals surface area contributed by atoms with Gasteiger partial charge in [0.1, 0.15) is 11.3 Å². The van der Waals surface area contributed by atoms with E-state index < -0.39 is 34.1 Å². The van der Waals surface area contributed by atoms with Crippen LogP contribution in [0.15, 0.2) is 105 Å². The van der Waals surface area contributed by atoms with Gasteiger partial charge in [0.25, 0.3) is 5.91 Å². The summed E-state index contributed by atoms with van der Waals surface area (Å²) in [4.78, 5) is 38.4. The number of para-hydroxylation sites is 2. The molecule has 0 spiro atoms. The molecule has 11 nitrogen and oxygen atoms in total. The second kappa shape index (κ2) is 13.6. The molecule has 47 heavy (non-hydrogen) atoms. The number of amides is 1. The quantitative estimate of drug-likeness (QED) is 0.128. The van der Waals surface area contributed by atoms with Crippen LogP contribution in [0.3, 0.4) is 0 Å². The van der Waals surface area contributed by atoms with Gasteiger partial charge in [-0.25, -0.2) is 22.7 Å². The number of fused-ring (bicyclic) bond motifs is 1. The summed E-state index contributed by atoms with van der Waals surface area (Å²) in [6, 6.07) is 22.7. The number of nitrogens with one attached hydrogen (secondary N) is 1. The highest BCUT2D eigenvalue weighted by atomic mass is 32.2. The molecule has 0 radical (unpaired) electrons. The minimum Gasteiger partial charge on any atom is -0.452 e. The van der Waals surface area contributed by atoms with Gasteiger partial charge in [-0.2, -0.15) is 9.40 Å². The Labute approximate surface area is 271 Å². The fourth-order valence-electron chi connectivity index (χ4n) is 5.40. The topological polar surface area (TPSA) is 141 Å². The third kappa shape index (κ3) is 7.08. The highest BCUT2D eigenvalue weighted by molar-refractivity contribution is 7.89. The van der Waals surface area contributed by atoms with Gasteiger partial charge >= 0.3 is 11.6 Å². The number of anilines is 1. The summed E-state index contributed by atoms with van der Waals surface area (Å²) in [6.07, 6.45) is 6.88. The van der Waals surface area contributed by atoms with Crippen molar-refractivity contribution in [3.63, 3.8) is 0 Å². The molecular weight excluding hydrogens is 620 g/mol. The van der Waals surface area contributed by atoms with Gasteiger partial charge in [-0.3, -0.25) is 4.79 Å². The minimum atomic E-state index is -3.71. The second-order valence-electron chi connectivity index (χ2n) is 11.1. The molecule has 0 saturated carbocycles. The van der Waals surface area contributed by atoms with Crippen LogP contribution < -0.4 is 10.9 Å². The third-order valence-corrected chi connectivity index (χ3v) is 9.85. The number of hydrogen-bond acceptors (Lipinski definition) is 8. The Hall–Kier alpha value is -5.33. The van der Waals surface area contributed by atoms with Crippen molar-refractivity contribution < 1.29 is 27.2 Å². The van der Waals surface area contributed by atoms with E-state index >= 15 is 0 Å². The molecule has 0 aliphatic carbocycles. The lowest BCUT2D eigenvalue weighted by Crippen LogP contribution is -2.36. The Morgan fingerprint density at radius 1 is 0.979 bits per heavy atom. The molecule has 1 saturated heterocycles. The second-order valence-corrected chi connectivity index (χ2v) is 13.0. The van der Waals surface area contributed by atoms with Crippen molar-refractivity contribution in [1.82, 2.24) is 14.1 Å². The zero-order valence-electron chi connectivity index (χ0n) is 25.6. The number of benzene rings is 3. The lowest BCUT2D eigenvalue weighted by molar-refractivity contribution is -0.142. The maximum Gasteiger partial charge on any atom is 0.345 e. The molecule has 1 N–H and O–H groups in total. The van der Waals surface area contributed by atoms with Crippen molar-refractivity contribution in [3.8, 4) is 16.9 Å². The lowest BCUT2D eigenvalue weighted by atomic mass is 10.1. The number of rotatable bonds is 9. The van der Waals surface area contributed by atoms with E-state index in [0.717, 1.165) is 31.0 Å². The molecule has 0 bridgehead atoms. The van der Waals surface area contributed by atoms with E-state index in [0.29, 0.717) is 40.9 Å². The van der Waals surface area contributed by atoms with Crippen molar-refractivity contribution >= 4 is 44.6 Å². The normalized spacial score (nSPS) is 14.0. The van der Waals surface area contributed by atoms with E-state index in [4.69, 9.17) is 9.15 Å². The molecule has 1 aliphatic rings. The number of aromatic nitrogens is 2. The van der Waals surface area contributed by atoms with Crippen molar-refractivity contribution in [2.45, 2.75) is 31.1 Å². The number of ether oxygens (including phenoxy) is 1. The van der Waals surface area contributed by atoms with Crippen LogP contribution in [-0.2, 0) is 24.3 Å². The van der Waals surface area contributed by atoms with Crippen molar-refractivity contribution in [2.75, 3.05) is 25.0 Å². The molecule has 1 aliphatic heterocycles. The van der Waals surface area contributed by atoms with Crippen LogP contribution in [-0.4, -0.2) is 54.1 Å². The van der Waals surface area contributed by atoms with Crippen LogP contribution in [0, 0.1) is 6.92 Å². The minimum absolute atomic E-state index is 0.129. The molecule has 1 fully saturated rings. The van der Waals surface area contributed by atoms with Crippen molar-refractivity contribution in [3.05, 3.63) is 113 Å². The van der Waals surface area contributed by atoms with E-state index in [1.54, 1.807) is 48.1 Å². The summed E-state index contributed by atoms with van der Waals surface area (Å²) < 4.78 is 40.2. The predicted octanol–water partition coefficient (Wildman–Crippen LogP) is 5.32. The molecule has 3 heterocycles. The van der Waals surface area contributed by atoms with Gasteiger partial charge in [-0.1, -0.05) is 48.9 Å². The smallest absolute Gasteiger partial charge is 0.345 e. The molecule has 240 valence electrons. The summed E-state index contributed by atoms with van der Waals surface area (Å²) in [5.74, 6) is -1.44. The first kappa shape index (κ1) is 31.6. The van der Waals surface area contributed by atoms with Crippen LogP contribution in [0.25, 0.3) is 34.0 Å². The number of carbonyl (C=O) groups is 2. The van der Waals surface area contributed by atoms with E-state index in [9.17, 15) is 22.8 Å². The Kier molecular flexibility index (Phi) is 9.14. The molecule has 3 aromatic carbocycles. The first-order valence-electron chi connectivity index (χ1n) is 15.1. The first-order valence-corrected chi connectivity index (χ1v) is 16.6. The van der Waals surface area contributed by atoms with Gasteiger partial charge in [-0.05, 0) is 67.8 Å². The summed E-state index contributed by atoms with van der Waals surface area (Å²) in [5, 5.41) is 7.94. The van der Waals surface area contributed by atoms with Crippen LogP contribution in [0.4, 0.5) is 5.69 Å². The number of esters is 1. The highest BCUT2D eigenvalue weighted by Crippen LogP contribution is 2.27. The summed E-state index contributed by atoms with van der Waals surface area (Å²) >= 11 is 0. The maximum atomic E-state index is 13.2.